The maximum absolute atomic E-state index is 4.20. The number of hydrogen-bond donors (Lipinski definition) is 1. The van der Waals surface area contributed by atoms with Crippen molar-refractivity contribution in [1.82, 2.24) is 10.2 Å². The maximum Gasteiger partial charge on any atom is 0.206 e. The van der Waals surface area contributed by atoms with Gasteiger partial charge in [-0.05, 0) is 12.8 Å². The number of nitrogens with one attached hydrogen (secondary N) is 1. The zero-order valence-corrected chi connectivity index (χ0v) is 13.9. The van der Waals surface area contributed by atoms with Gasteiger partial charge in [0.1, 0.15) is 0 Å². The van der Waals surface area contributed by atoms with E-state index in [1.807, 2.05) is 11.8 Å². The van der Waals surface area contributed by atoms with Crippen LogP contribution < -0.4 is 5.32 Å². The predicted octanol–water partition coefficient (Wildman–Crippen LogP) is 5.20. The molecule has 1 heterocycles. The summed E-state index contributed by atoms with van der Waals surface area (Å²) >= 11 is 3.51. The second kappa shape index (κ2) is 11.5. The van der Waals surface area contributed by atoms with E-state index in [0.717, 1.165) is 21.8 Å². The Balaban J connectivity index is 2.03. The third-order valence-electron chi connectivity index (χ3n) is 2.94. The number of nitrogens with zero attached hydrogens (tertiary/aromatic N) is 2. The number of hydrogen-bond acceptors (Lipinski definition) is 5. The number of aromatic nitrogens is 2. The second-order valence-corrected chi connectivity index (χ2v) is 7.09. The molecular weight excluding hydrogens is 274 g/mol. The van der Waals surface area contributed by atoms with E-state index in [1.54, 1.807) is 11.3 Å². The summed E-state index contributed by atoms with van der Waals surface area (Å²) in [4.78, 5) is 0. The molecule has 19 heavy (non-hydrogen) atoms. The lowest BCUT2D eigenvalue weighted by atomic mass is 10.1. The Labute approximate surface area is 126 Å². The molecule has 0 radical (unpaired) electrons. The molecule has 0 unspecified atom stereocenters. The van der Waals surface area contributed by atoms with Gasteiger partial charge < -0.3 is 5.32 Å². The first-order chi connectivity index (χ1) is 9.36. The van der Waals surface area contributed by atoms with Gasteiger partial charge in [-0.3, -0.25) is 0 Å². The van der Waals surface area contributed by atoms with Crippen molar-refractivity contribution in [2.45, 2.75) is 69.6 Å². The molecule has 0 aromatic carbocycles. The molecule has 110 valence electrons. The highest BCUT2D eigenvalue weighted by Crippen LogP contribution is 2.26. The zero-order valence-electron chi connectivity index (χ0n) is 12.3. The summed E-state index contributed by atoms with van der Waals surface area (Å²) in [5, 5.41) is 12.7. The number of rotatable bonds is 12. The first-order valence-electron chi connectivity index (χ1n) is 7.57. The van der Waals surface area contributed by atoms with Crippen LogP contribution in [0.25, 0.3) is 0 Å². The molecular formula is C14H27N3S2. The van der Waals surface area contributed by atoms with Crippen molar-refractivity contribution in [3.05, 3.63) is 0 Å². The van der Waals surface area contributed by atoms with Crippen LogP contribution in [0, 0.1) is 0 Å². The van der Waals surface area contributed by atoms with E-state index >= 15 is 0 Å². The van der Waals surface area contributed by atoms with E-state index in [0.29, 0.717) is 0 Å². The molecule has 0 spiro atoms. The molecule has 1 aromatic heterocycles. The molecule has 0 aliphatic carbocycles. The average molecular weight is 302 g/mol. The van der Waals surface area contributed by atoms with Crippen LogP contribution in [0.4, 0.5) is 5.13 Å². The van der Waals surface area contributed by atoms with Crippen LogP contribution >= 0.6 is 23.1 Å². The Kier molecular flexibility index (Phi) is 10.2. The average Bonchev–Trinajstić information content (AvgIpc) is 2.86. The minimum Gasteiger partial charge on any atom is -0.360 e. The summed E-state index contributed by atoms with van der Waals surface area (Å²) in [5.41, 5.74) is 0. The SMILES string of the molecule is CCCCCCCCNc1nnc(SCCCC)s1. The van der Waals surface area contributed by atoms with E-state index in [4.69, 9.17) is 0 Å². The number of anilines is 1. The summed E-state index contributed by atoms with van der Waals surface area (Å²) in [6.07, 6.45) is 10.5. The summed E-state index contributed by atoms with van der Waals surface area (Å²) < 4.78 is 1.10. The van der Waals surface area contributed by atoms with Crippen LogP contribution in [-0.4, -0.2) is 22.5 Å². The lowest BCUT2D eigenvalue weighted by Crippen LogP contribution is -2.00. The van der Waals surface area contributed by atoms with Gasteiger partial charge in [0.2, 0.25) is 5.13 Å². The second-order valence-electron chi connectivity index (χ2n) is 4.77. The molecule has 0 atom stereocenters. The van der Waals surface area contributed by atoms with Crippen LogP contribution in [0.2, 0.25) is 0 Å². The third-order valence-corrected chi connectivity index (χ3v) is 5.04. The summed E-state index contributed by atoms with van der Waals surface area (Å²) in [6, 6.07) is 0. The van der Waals surface area contributed by atoms with Crippen LogP contribution in [0.1, 0.15) is 65.2 Å². The van der Waals surface area contributed by atoms with Crippen molar-refractivity contribution in [2.24, 2.45) is 0 Å². The van der Waals surface area contributed by atoms with E-state index in [-0.39, 0.29) is 0 Å². The quantitative estimate of drug-likeness (QED) is 0.425. The first-order valence-corrected chi connectivity index (χ1v) is 9.37. The Morgan fingerprint density at radius 2 is 1.68 bits per heavy atom. The highest BCUT2D eigenvalue weighted by atomic mass is 32.2. The lowest BCUT2D eigenvalue weighted by molar-refractivity contribution is 0.617. The minimum absolute atomic E-state index is 0.979. The zero-order chi connectivity index (χ0) is 13.8. The van der Waals surface area contributed by atoms with Gasteiger partial charge in [-0.2, -0.15) is 0 Å². The van der Waals surface area contributed by atoms with Crippen molar-refractivity contribution in [1.29, 1.82) is 0 Å². The highest BCUT2D eigenvalue weighted by molar-refractivity contribution is 8.01. The van der Waals surface area contributed by atoms with Crippen LogP contribution in [0.3, 0.4) is 0 Å². The molecule has 5 heteroatoms. The summed E-state index contributed by atoms with van der Waals surface area (Å²) in [7, 11) is 0. The Hall–Kier alpha value is -0.290. The predicted molar refractivity (Wildman–Crippen MR) is 87.4 cm³/mol. The fourth-order valence-corrected chi connectivity index (χ4v) is 3.68. The van der Waals surface area contributed by atoms with Gasteiger partial charge in [0.05, 0.1) is 0 Å². The number of thioether (sulfide) groups is 1. The molecule has 0 bridgehead atoms. The minimum atomic E-state index is 0.979. The van der Waals surface area contributed by atoms with Crippen LogP contribution in [0.15, 0.2) is 4.34 Å². The van der Waals surface area contributed by atoms with Crippen LogP contribution in [-0.2, 0) is 0 Å². The third kappa shape index (κ3) is 8.47. The van der Waals surface area contributed by atoms with Gasteiger partial charge >= 0.3 is 0 Å². The van der Waals surface area contributed by atoms with Gasteiger partial charge in [-0.25, -0.2) is 0 Å². The molecule has 0 aliphatic rings. The fourth-order valence-electron chi connectivity index (χ4n) is 1.74. The van der Waals surface area contributed by atoms with Crippen molar-refractivity contribution in [3.63, 3.8) is 0 Å². The van der Waals surface area contributed by atoms with Gasteiger partial charge in [0.15, 0.2) is 4.34 Å². The topological polar surface area (TPSA) is 37.8 Å². The molecule has 0 aliphatic heterocycles. The summed E-state index contributed by atoms with van der Waals surface area (Å²) in [5.74, 6) is 1.16. The maximum atomic E-state index is 4.20. The van der Waals surface area contributed by atoms with Crippen LogP contribution in [0.5, 0.6) is 0 Å². The lowest BCUT2D eigenvalue weighted by Gasteiger charge is -2.01. The van der Waals surface area contributed by atoms with Gasteiger partial charge in [0.25, 0.3) is 0 Å². The molecule has 3 nitrogen and oxygen atoms in total. The van der Waals surface area contributed by atoms with Crippen molar-refractivity contribution < 1.29 is 0 Å². The Morgan fingerprint density at radius 1 is 0.947 bits per heavy atom. The first kappa shape index (κ1) is 16.8. The molecule has 1 rings (SSSR count). The normalized spacial score (nSPS) is 10.8. The largest absolute Gasteiger partial charge is 0.360 e. The molecule has 0 amide bonds. The monoisotopic (exact) mass is 301 g/mol. The van der Waals surface area contributed by atoms with E-state index in [1.165, 1.54) is 51.4 Å². The van der Waals surface area contributed by atoms with Gasteiger partial charge in [0, 0.05) is 12.3 Å². The smallest absolute Gasteiger partial charge is 0.206 e. The van der Waals surface area contributed by atoms with Gasteiger partial charge in [-0.15, -0.1) is 10.2 Å². The van der Waals surface area contributed by atoms with E-state index in [9.17, 15) is 0 Å². The highest BCUT2D eigenvalue weighted by Gasteiger charge is 2.03. The van der Waals surface area contributed by atoms with Crippen molar-refractivity contribution in [2.75, 3.05) is 17.6 Å². The molecule has 0 saturated carbocycles. The molecule has 1 aromatic rings. The van der Waals surface area contributed by atoms with E-state index in [2.05, 4.69) is 29.4 Å². The van der Waals surface area contributed by atoms with Gasteiger partial charge in [-0.1, -0.05) is 75.5 Å². The number of unbranched alkanes of at least 4 members (excludes halogenated alkanes) is 6. The summed E-state index contributed by atoms with van der Waals surface area (Å²) in [6.45, 7) is 5.50. The fraction of sp³-hybridized carbons (Fsp3) is 0.857. The Morgan fingerprint density at radius 3 is 2.47 bits per heavy atom. The molecule has 0 saturated heterocycles. The van der Waals surface area contributed by atoms with Crippen molar-refractivity contribution >= 4 is 28.2 Å². The van der Waals surface area contributed by atoms with Crippen molar-refractivity contribution in [3.8, 4) is 0 Å². The molecule has 1 N–H and O–H groups in total. The standard InChI is InChI=1S/C14H27N3S2/c1-3-5-7-8-9-10-11-15-13-16-17-14(19-13)18-12-6-4-2/h3-12H2,1-2H3,(H,15,16). The Bertz CT molecular complexity index is 315. The van der Waals surface area contributed by atoms with E-state index < -0.39 is 0 Å². The molecule has 0 fully saturated rings.